The molecule has 2 saturated heterocycles. The number of aromatic nitrogens is 2. The van der Waals surface area contributed by atoms with E-state index in [1.165, 1.54) is 0 Å². The molecule has 7 nitrogen and oxygen atoms in total. The van der Waals surface area contributed by atoms with Gasteiger partial charge in [-0.05, 0) is 79.6 Å². The third-order valence-electron chi connectivity index (χ3n) is 7.82. The zero-order valence-electron chi connectivity index (χ0n) is 26.4. The highest BCUT2D eigenvalue weighted by molar-refractivity contribution is 5.96. The molecule has 6 rings (SSSR count). The summed E-state index contributed by atoms with van der Waals surface area (Å²) < 4.78 is 0. The summed E-state index contributed by atoms with van der Waals surface area (Å²) in [6, 6.07) is 27.1. The van der Waals surface area contributed by atoms with E-state index < -0.39 is 0 Å². The largest absolute Gasteiger partial charge is 0.324 e. The van der Waals surface area contributed by atoms with Crippen LogP contribution in [-0.2, 0) is 4.79 Å². The number of hydrogen-bond acceptors (Lipinski definition) is 4. The molecule has 0 aliphatic carbocycles. The van der Waals surface area contributed by atoms with Crippen molar-refractivity contribution in [2.45, 2.75) is 39.7 Å². The van der Waals surface area contributed by atoms with E-state index in [1.807, 2.05) is 92.0 Å². The Morgan fingerprint density at radius 2 is 1.11 bits per heavy atom. The van der Waals surface area contributed by atoms with Gasteiger partial charge in [0, 0.05) is 31.1 Å². The fourth-order valence-electron chi connectivity index (χ4n) is 5.07. The molecular formula is C38H37N5O2. The Labute approximate surface area is 265 Å². The smallest absolute Gasteiger partial charge is 0.320 e. The van der Waals surface area contributed by atoms with E-state index in [9.17, 15) is 9.59 Å². The second kappa shape index (κ2) is 13.1. The van der Waals surface area contributed by atoms with E-state index in [4.69, 9.17) is 0 Å². The van der Waals surface area contributed by atoms with Crippen LogP contribution >= 0.6 is 0 Å². The average Bonchev–Trinajstić information content (AvgIpc) is 3.45. The van der Waals surface area contributed by atoms with Gasteiger partial charge < -0.3 is 9.80 Å². The standard InChI is InChI=1S/C19H19N3O.C19H18N2O/c1-19(2)14-22(18(23)21(19)3)17-12-11-16(20-13-17)10-9-15-7-5-4-6-8-15;1-19(2)12-18(22)21(14-19)17-11-10-16(20-13-17)9-8-15-6-4-3-5-7-15/h4-8,11-13H,14H2,1-3H3;3-7,10-11,13H,12,14H2,1-2H3. The SMILES string of the molecule is CC1(C)CC(=O)N(c2ccc(C#Cc3ccccc3)nc2)C1.CN1C(=O)N(c2ccc(C#Cc3ccccc3)nc2)CC1(C)C. The van der Waals surface area contributed by atoms with Gasteiger partial charge in [-0.3, -0.25) is 9.69 Å². The Hall–Kier alpha value is -5.40. The first-order valence-electron chi connectivity index (χ1n) is 14.9. The van der Waals surface area contributed by atoms with E-state index >= 15 is 0 Å². The summed E-state index contributed by atoms with van der Waals surface area (Å²) in [5.41, 5.74) is 4.82. The molecule has 0 unspecified atom stereocenters. The number of urea groups is 1. The number of hydrogen-bond donors (Lipinski definition) is 0. The number of anilines is 2. The molecule has 0 N–H and O–H groups in total. The predicted octanol–water partition coefficient (Wildman–Crippen LogP) is 6.38. The van der Waals surface area contributed by atoms with Crippen LogP contribution in [0.15, 0.2) is 97.3 Å². The van der Waals surface area contributed by atoms with Crippen molar-refractivity contribution in [2.75, 3.05) is 29.9 Å². The second-order valence-corrected chi connectivity index (χ2v) is 12.6. The van der Waals surface area contributed by atoms with Crippen molar-refractivity contribution in [3.8, 4) is 23.7 Å². The van der Waals surface area contributed by atoms with Crippen molar-refractivity contribution in [3.05, 3.63) is 120 Å². The Kier molecular flexibility index (Phi) is 9.02. The highest BCUT2D eigenvalue weighted by Gasteiger charge is 2.41. The van der Waals surface area contributed by atoms with Crippen molar-refractivity contribution in [1.29, 1.82) is 0 Å². The first kappa shape index (κ1) is 31.0. The number of carbonyl (C=O) groups is 2. The van der Waals surface area contributed by atoms with Gasteiger partial charge in [0.2, 0.25) is 5.91 Å². The van der Waals surface area contributed by atoms with Crippen LogP contribution in [0.1, 0.15) is 56.6 Å². The minimum absolute atomic E-state index is 0.0000743. The summed E-state index contributed by atoms with van der Waals surface area (Å²) in [5.74, 6) is 12.4. The van der Waals surface area contributed by atoms with E-state index in [-0.39, 0.29) is 22.9 Å². The summed E-state index contributed by atoms with van der Waals surface area (Å²) in [4.78, 5) is 38.4. The highest BCUT2D eigenvalue weighted by atomic mass is 16.2. The van der Waals surface area contributed by atoms with E-state index in [0.717, 1.165) is 29.0 Å². The number of likely N-dealkylation sites (N-methyl/N-ethyl adjacent to an activating group) is 1. The molecule has 0 spiro atoms. The van der Waals surface area contributed by atoms with Crippen LogP contribution in [0.5, 0.6) is 0 Å². The van der Waals surface area contributed by atoms with Gasteiger partial charge in [0.05, 0.1) is 35.9 Å². The van der Waals surface area contributed by atoms with Gasteiger partial charge in [-0.15, -0.1) is 0 Å². The molecule has 4 aromatic rings. The predicted molar refractivity (Wildman–Crippen MR) is 179 cm³/mol. The third-order valence-corrected chi connectivity index (χ3v) is 7.82. The van der Waals surface area contributed by atoms with Crippen LogP contribution in [0, 0.1) is 29.1 Å². The zero-order chi connectivity index (χ0) is 32.0. The Bertz CT molecular complexity index is 1780. The minimum Gasteiger partial charge on any atom is -0.320 e. The third kappa shape index (κ3) is 7.77. The maximum atomic E-state index is 12.3. The quantitative estimate of drug-likeness (QED) is 0.253. The van der Waals surface area contributed by atoms with E-state index in [0.29, 0.717) is 24.4 Å². The Morgan fingerprint density at radius 1 is 0.622 bits per heavy atom. The summed E-state index contributed by atoms with van der Waals surface area (Å²) in [6.45, 7) is 9.72. The lowest BCUT2D eigenvalue weighted by Gasteiger charge is -2.24. The average molecular weight is 596 g/mol. The molecule has 3 amide bonds. The van der Waals surface area contributed by atoms with Crippen LogP contribution < -0.4 is 9.80 Å². The molecule has 0 bridgehead atoms. The van der Waals surface area contributed by atoms with Crippen LogP contribution in [0.25, 0.3) is 0 Å². The Morgan fingerprint density at radius 3 is 1.49 bits per heavy atom. The van der Waals surface area contributed by atoms with Crippen LogP contribution in [-0.4, -0.2) is 52.5 Å². The molecule has 2 aromatic heterocycles. The van der Waals surface area contributed by atoms with Crippen molar-refractivity contribution >= 4 is 23.3 Å². The molecule has 0 atom stereocenters. The molecule has 2 fully saturated rings. The molecule has 2 aliphatic rings. The number of amides is 3. The number of nitrogens with zero attached hydrogens (tertiary/aromatic N) is 5. The lowest BCUT2D eigenvalue weighted by molar-refractivity contribution is -0.117. The lowest BCUT2D eigenvalue weighted by atomic mass is 9.93. The van der Waals surface area contributed by atoms with Crippen molar-refractivity contribution in [2.24, 2.45) is 5.41 Å². The molecule has 0 radical (unpaired) electrons. The molecule has 2 aromatic carbocycles. The van der Waals surface area contributed by atoms with E-state index in [2.05, 4.69) is 61.3 Å². The summed E-state index contributed by atoms with van der Waals surface area (Å²) >= 11 is 0. The second-order valence-electron chi connectivity index (χ2n) is 12.6. The fraction of sp³-hybridized carbons (Fsp3) is 0.263. The zero-order valence-corrected chi connectivity index (χ0v) is 26.4. The van der Waals surface area contributed by atoms with Gasteiger partial charge in [0.25, 0.3) is 0 Å². The first-order valence-corrected chi connectivity index (χ1v) is 14.9. The number of pyridine rings is 2. The van der Waals surface area contributed by atoms with Crippen LogP contribution in [0.3, 0.4) is 0 Å². The number of benzene rings is 2. The van der Waals surface area contributed by atoms with Gasteiger partial charge in [-0.2, -0.15) is 0 Å². The molecule has 7 heteroatoms. The van der Waals surface area contributed by atoms with Crippen molar-refractivity contribution < 1.29 is 9.59 Å². The van der Waals surface area contributed by atoms with Crippen molar-refractivity contribution in [1.82, 2.24) is 14.9 Å². The number of carbonyl (C=O) groups excluding carboxylic acids is 2. The van der Waals surface area contributed by atoms with Crippen molar-refractivity contribution in [3.63, 3.8) is 0 Å². The van der Waals surface area contributed by atoms with Crippen LogP contribution in [0.4, 0.5) is 16.2 Å². The number of rotatable bonds is 2. The monoisotopic (exact) mass is 595 g/mol. The molecule has 226 valence electrons. The van der Waals surface area contributed by atoms with Crippen LogP contribution in [0.2, 0.25) is 0 Å². The lowest BCUT2D eigenvalue weighted by Crippen LogP contribution is -2.38. The van der Waals surface area contributed by atoms with E-state index in [1.54, 1.807) is 27.1 Å². The molecule has 45 heavy (non-hydrogen) atoms. The first-order chi connectivity index (χ1) is 21.5. The minimum atomic E-state index is -0.178. The maximum Gasteiger partial charge on any atom is 0.324 e. The van der Waals surface area contributed by atoms with Gasteiger partial charge in [-0.25, -0.2) is 14.8 Å². The normalized spacial score (nSPS) is 16.2. The van der Waals surface area contributed by atoms with Gasteiger partial charge in [0.15, 0.2) is 0 Å². The van der Waals surface area contributed by atoms with Gasteiger partial charge >= 0.3 is 6.03 Å². The molecular weight excluding hydrogens is 558 g/mol. The van der Waals surface area contributed by atoms with Gasteiger partial charge in [-0.1, -0.05) is 62.1 Å². The fourth-order valence-corrected chi connectivity index (χ4v) is 5.07. The summed E-state index contributed by atoms with van der Waals surface area (Å²) in [7, 11) is 1.83. The molecule has 0 saturated carbocycles. The topological polar surface area (TPSA) is 69.6 Å². The highest BCUT2D eigenvalue weighted by Crippen LogP contribution is 2.33. The molecule has 4 heterocycles. The Balaban J connectivity index is 0.000000178. The summed E-state index contributed by atoms with van der Waals surface area (Å²) in [5, 5.41) is 0. The summed E-state index contributed by atoms with van der Waals surface area (Å²) in [6.07, 6.45) is 4.03. The molecule has 2 aliphatic heterocycles. The maximum absolute atomic E-state index is 12.3. The van der Waals surface area contributed by atoms with Gasteiger partial charge in [0.1, 0.15) is 11.4 Å².